The van der Waals surface area contributed by atoms with Gasteiger partial charge in [-0.1, -0.05) is 0 Å². The Morgan fingerprint density at radius 1 is 1.00 bits per heavy atom. The fraction of sp³-hybridized carbons (Fsp3) is 0.900. The molecule has 4 nitrogen and oxygen atoms in total. The van der Waals surface area contributed by atoms with E-state index in [2.05, 4.69) is 4.43 Å². The highest BCUT2D eigenvalue weighted by Gasteiger charge is 2.54. The third-order valence-electron chi connectivity index (χ3n) is 1.12. The molecule has 0 saturated heterocycles. The number of hydrogen-bond donors (Lipinski definition) is 0. The van der Waals surface area contributed by atoms with Crippen LogP contribution in [-0.2, 0) is 18.1 Å². The van der Waals surface area contributed by atoms with E-state index < -0.39 is 26.3 Å². The summed E-state index contributed by atoms with van der Waals surface area (Å²) in [6.45, 7) is 11.1. The third kappa shape index (κ3) is 7.78. The maximum atomic E-state index is 14.3. The van der Waals surface area contributed by atoms with E-state index in [1.165, 1.54) is 0 Å². The predicted octanol–water partition coefficient (Wildman–Crippen LogP) is 2.58. The zero-order chi connectivity index (χ0) is 13.2. The number of carbonyl (C=O) groups is 1. The van der Waals surface area contributed by atoms with Crippen molar-refractivity contribution in [3.63, 3.8) is 0 Å². The summed E-state index contributed by atoms with van der Waals surface area (Å²) >= 11 is 0. The normalized spacial score (nSPS) is 13.8. The second-order valence-corrected chi connectivity index (χ2v) is 7.08. The molecule has 0 N–H and O–H groups in total. The summed E-state index contributed by atoms with van der Waals surface area (Å²) in [5, 5.41) is 0. The molecular formula is C10H21FO4Si. The molecule has 0 rings (SSSR count). The molecule has 96 valence electrons. The van der Waals surface area contributed by atoms with Gasteiger partial charge in [-0.25, -0.2) is 4.11 Å². The van der Waals surface area contributed by atoms with Crippen LogP contribution in [0.5, 0.6) is 0 Å². The van der Waals surface area contributed by atoms with E-state index in [9.17, 15) is 8.90 Å². The molecule has 0 heterocycles. The Morgan fingerprint density at radius 2 is 1.31 bits per heavy atom. The minimum Gasteiger partial charge on any atom is -0.449 e. The first-order valence-corrected chi connectivity index (χ1v) is 6.72. The maximum Gasteiger partial charge on any atom is 0.793 e. The van der Waals surface area contributed by atoms with Crippen molar-refractivity contribution in [1.29, 1.82) is 0 Å². The van der Waals surface area contributed by atoms with Crippen molar-refractivity contribution in [2.24, 2.45) is 0 Å². The third-order valence-corrected chi connectivity index (χ3v) is 3.37. The summed E-state index contributed by atoms with van der Waals surface area (Å²) in [6.07, 6.45) is 0. The molecule has 0 aliphatic carbocycles. The van der Waals surface area contributed by atoms with Gasteiger partial charge in [-0.15, -0.1) is 0 Å². The van der Waals surface area contributed by atoms with Crippen LogP contribution in [0, 0.1) is 0 Å². The van der Waals surface area contributed by atoms with Crippen LogP contribution >= 0.6 is 0 Å². The van der Waals surface area contributed by atoms with Gasteiger partial charge in [0.25, 0.3) is 5.97 Å². The molecule has 0 fully saturated rings. The van der Waals surface area contributed by atoms with Crippen LogP contribution in [0.4, 0.5) is 4.11 Å². The van der Waals surface area contributed by atoms with Crippen LogP contribution in [0.15, 0.2) is 0 Å². The summed E-state index contributed by atoms with van der Waals surface area (Å²) in [6, 6.07) is 0. The lowest BCUT2D eigenvalue weighted by atomic mass is 10.2. The Hall–Kier alpha value is -0.463. The van der Waals surface area contributed by atoms with Gasteiger partial charge in [0.05, 0.1) is 11.2 Å². The summed E-state index contributed by atoms with van der Waals surface area (Å²) < 4.78 is 29.1. The second kappa shape index (κ2) is 4.81. The molecule has 0 bridgehead atoms. The molecule has 0 spiro atoms. The Morgan fingerprint density at radius 3 is 1.50 bits per heavy atom. The minimum absolute atomic E-state index is 0.748. The van der Waals surface area contributed by atoms with Crippen LogP contribution in [0.1, 0.15) is 48.5 Å². The van der Waals surface area contributed by atoms with Gasteiger partial charge in [-0.2, -0.15) is 0 Å². The predicted molar refractivity (Wildman–Crippen MR) is 60.3 cm³/mol. The van der Waals surface area contributed by atoms with Crippen molar-refractivity contribution in [3.05, 3.63) is 0 Å². The van der Waals surface area contributed by atoms with Gasteiger partial charge in [0, 0.05) is 6.92 Å². The topological polar surface area (TPSA) is 44.8 Å². The van der Waals surface area contributed by atoms with Gasteiger partial charge >= 0.3 is 9.14 Å². The quantitative estimate of drug-likeness (QED) is 0.572. The number of carbonyl (C=O) groups excluding carboxylic acids is 1. The molecule has 0 atom stereocenters. The molecule has 0 aliphatic heterocycles. The minimum atomic E-state index is -4.43. The Kier molecular flexibility index (Phi) is 4.67. The standard InChI is InChI=1S/C10H21FO4Si/c1-8(12)13-16(11,14-9(2,3)4)15-10(5,6)7/h1-7H3. The van der Waals surface area contributed by atoms with Crippen LogP contribution in [0.25, 0.3) is 0 Å². The fourth-order valence-corrected chi connectivity index (χ4v) is 2.90. The van der Waals surface area contributed by atoms with Gasteiger partial charge in [-0.3, -0.25) is 4.79 Å². The van der Waals surface area contributed by atoms with Crippen molar-refractivity contribution < 1.29 is 22.2 Å². The van der Waals surface area contributed by atoms with Crippen LogP contribution in [0.3, 0.4) is 0 Å². The van der Waals surface area contributed by atoms with Crippen LogP contribution in [-0.4, -0.2) is 26.3 Å². The van der Waals surface area contributed by atoms with E-state index in [1.807, 2.05) is 0 Å². The van der Waals surface area contributed by atoms with E-state index in [1.54, 1.807) is 41.5 Å². The maximum absolute atomic E-state index is 14.3. The Bertz CT molecular complexity index is 239. The molecule has 0 unspecified atom stereocenters. The summed E-state index contributed by atoms with van der Waals surface area (Å²) in [5.41, 5.74) is -1.55. The highest BCUT2D eigenvalue weighted by Crippen LogP contribution is 2.25. The first-order chi connectivity index (χ1) is 6.83. The van der Waals surface area contributed by atoms with Crippen LogP contribution in [0.2, 0.25) is 0 Å². The van der Waals surface area contributed by atoms with Crippen molar-refractivity contribution in [1.82, 2.24) is 0 Å². The van der Waals surface area contributed by atoms with Gasteiger partial charge < -0.3 is 13.3 Å². The monoisotopic (exact) mass is 252 g/mol. The molecule has 0 aromatic rings. The smallest absolute Gasteiger partial charge is 0.449 e. The summed E-state index contributed by atoms with van der Waals surface area (Å²) in [4.78, 5) is 10.8. The zero-order valence-corrected chi connectivity index (χ0v) is 12.0. The summed E-state index contributed by atoms with van der Waals surface area (Å²) in [5.74, 6) is -0.748. The first kappa shape index (κ1) is 15.5. The van der Waals surface area contributed by atoms with Gasteiger partial charge in [0.15, 0.2) is 0 Å². The van der Waals surface area contributed by atoms with E-state index in [-0.39, 0.29) is 0 Å². The highest BCUT2D eigenvalue weighted by molar-refractivity contribution is 6.55. The molecule has 0 aromatic carbocycles. The molecule has 6 heteroatoms. The highest BCUT2D eigenvalue weighted by atomic mass is 28.4. The zero-order valence-electron chi connectivity index (χ0n) is 11.0. The van der Waals surface area contributed by atoms with E-state index in [4.69, 9.17) is 8.85 Å². The number of hydrogen-bond acceptors (Lipinski definition) is 4. The van der Waals surface area contributed by atoms with Crippen molar-refractivity contribution in [2.75, 3.05) is 0 Å². The van der Waals surface area contributed by atoms with Gasteiger partial charge in [0.1, 0.15) is 0 Å². The SMILES string of the molecule is CC(=O)O[Si](F)(OC(C)(C)C)OC(C)(C)C. The number of rotatable bonds is 3. The average Bonchev–Trinajstić information content (AvgIpc) is 1.69. The molecule has 0 amide bonds. The average molecular weight is 252 g/mol. The lowest BCUT2D eigenvalue weighted by Gasteiger charge is -2.32. The van der Waals surface area contributed by atoms with Crippen LogP contribution < -0.4 is 0 Å². The van der Waals surface area contributed by atoms with Crippen molar-refractivity contribution >= 4 is 15.1 Å². The van der Waals surface area contributed by atoms with Crippen molar-refractivity contribution in [2.45, 2.75) is 59.7 Å². The second-order valence-electron chi connectivity index (χ2n) is 5.50. The molecule has 16 heavy (non-hydrogen) atoms. The Balaban J connectivity index is 4.82. The van der Waals surface area contributed by atoms with E-state index in [0.29, 0.717) is 0 Å². The summed E-state index contributed by atoms with van der Waals surface area (Å²) in [7, 11) is -4.43. The lowest BCUT2D eigenvalue weighted by Crippen LogP contribution is -2.51. The van der Waals surface area contributed by atoms with Crippen molar-refractivity contribution in [3.8, 4) is 0 Å². The lowest BCUT2D eigenvalue weighted by molar-refractivity contribution is -0.144. The van der Waals surface area contributed by atoms with E-state index in [0.717, 1.165) is 6.92 Å². The molecule has 0 aromatic heterocycles. The molecule has 0 aliphatic rings. The van der Waals surface area contributed by atoms with Gasteiger partial charge in [0.2, 0.25) is 0 Å². The number of halogens is 1. The Labute approximate surface area is 97.6 Å². The first-order valence-electron chi connectivity index (χ1n) is 5.12. The molecule has 0 saturated carbocycles. The van der Waals surface area contributed by atoms with Gasteiger partial charge in [-0.05, 0) is 41.5 Å². The fourth-order valence-electron chi connectivity index (χ4n) is 0.966. The largest absolute Gasteiger partial charge is 0.793 e. The molecule has 0 radical (unpaired) electrons. The molecular weight excluding hydrogens is 231 g/mol. The van der Waals surface area contributed by atoms with E-state index >= 15 is 0 Å².